The minimum Gasteiger partial charge on any atom is -0.492 e. The van der Waals surface area contributed by atoms with E-state index in [1.807, 2.05) is 19.9 Å². The first-order valence-electron chi connectivity index (χ1n) is 6.47. The summed E-state index contributed by atoms with van der Waals surface area (Å²) in [4.78, 5) is 12.2. The predicted octanol–water partition coefficient (Wildman–Crippen LogP) is 1.82. The maximum absolute atomic E-state index is 12.2. The smallest absolute Gasteiger partial charge is 0.268 e. The van der Waals surface area contributed by atoms with Gasteiger partial charge < -0.3 is 4.74 Å². The molecule has 0 radical (unpaired) electrons. The molecule has 1 aromatic carbocycles. The van der Waals surface area contributed by atoms with Gasteiger partial charge in [0.25, 0.3) is 5.91 Å². The van der Waals surface area contributed by atoms with Crippen LogP contribution in [0.25, 0.3) is 0 Å². The van der Waals surface area contributed by atoms with Crippen molar-refractivity contribution in [1.29, 1.82) is 0 Å². The fourth-order valence-corrected chi connectivity index (χ4v) is 2.64. The van der Waals surface area contributed by atoms with Crippen LogP contribution in [0.4, 0.5) is 0 Å². The molecule has 0 unspecified atom stereocenters. The third kappa shape index (κ3) is 2.52. The van der Waals surface area contributed by atoms with Gasteiger partial charge in [-0.3, -0.25) is 4.79 Å². The molecule has 0 bridgehead atoms. The van der Waals surface area contributed by atoms with Crippen molar-refractivity contribution in [2.75, 3.05) is 6.61 Å². The highest BCUT2D eigenvalue weighted by Crippen LogP contribution is 2.40. The van der Waals surface area contributed by atoms with Crippen molar-refractivity contribution in [2.24, 2.45) is 0 Å². The Bertz CT molecular complexity index is 647. The molecule has 0 saturated carbocycles. The molecule has 20 heavy (non-hydrogen) atoms. The second-order valence-corrected chi connectivity index (χ2v) is 8.12. The summed E-state index contributed by atoms with van der Waals surface area (Å²) < 4.78 is 31.2. The van der Waals surface area contributed by atoms with E-state index in [0.717, 1.165) is 5.56 Å². The summed E-state index contributed by atoms with van der Waals surface area (Å²) >= 11 is 0. The van der Waals surface area contributed by atoms with Crippen LogP contribution in [0.5, 0.6) is 5.75 Å². The average molecular weight is 297 g/mol. The van der Waals surface area contributed by atoms with Gasteiger partial charge in [0.05, 0.1) is 17.4 Å². The second kappa shape index (κ2) is 4.77. The van der Waals surface area contributed by atoms with Crippen LogP contribution in [-0.2, 0) is 15.4 Å². The number of amides is 1. The maximum Gasteiger partial charge on any atom is 0.268 e. The van der Waals surface area contributed by atoms with Gasteiger partial charge in [-0.2, -0.15) is 0 Å². The molecule has 1 aliphatic heterocycles. The predicted molar refractivity (Wildman–Crippen MR) is 76.5 cm³/mol. The lowest BCUT2D eigenvalue weighted by atomic mass is 9.86. The van der Waals surface area contributed by atoms with Crippen LogP contribution in [0.1, 0.15) is 43.6 Å². The summed E-state index contributed by atoms with van der Waals surface area (Å²) in [7, 11) is -3.65. The second-order valence-electron chi connectivity index (χ2n) is 5.88. The zero-order chi connectivity index (χ0) is 15.1. The number of para-hydroxylation sites is 1. The number of nitrogens with one attached hydrogen (secondary N) is 1. The number of rotatable bonds is 3. The lowest BCUT2D eigenvalue weighted by Gasteiger charge is -2.15. The summed E-state index contributed by atoms with van der Waals surface area (Å²) in [5.41, 5.74) is 1.01. The fraction of sp³-hybridized carbons (Fsp3) is 0.500. The van der Waals surface area contributed by atoms with E-state index in [4.69, 9.17) is 4.74 Å². The van der Waals surface area contributed by atoms with Crippen molar-refractivity contribution in [2.45, 2.75) is 38.4 Å². The monoisotopic (exact) mass is 297 g/mol. The standard InChI is InChI=1S/C14H19NO4S/c1-9(2)20(17,18)15-13(16)10-6-5-7-11-12(10)19-8-14(11,3)4/h5-7,9H,8H2,1-4H3,(H,15,16). The van der Waals surface area contributed by atoms with E-state index in [2.05, 4.69) is 4.72 Å². The molecule has 1 N–H and O–H groups in total. The van der Waals surface area contributed by atoms with Crippen molar-refractivity contribution in [3.05, 3.63) is 29.3 Å². The molecule has 110 valence electrons. The van der Waals surface area contributed by atoms with Crippen LogP contribution in [-0.4, -0.2) is 26.2 Å². The Morgan fingerprint density at radius 1 is 1.35 bits per heavy atom. The topological polar surface area (TPSA) is 72.5 Å². The van der Waals surface area contributed by atoms with E-state index in [1.165, 1.54) is 13.8 Å². The Hall–Kier alpha value is -1.56. The molecule has 6 heteroatoms. The molecule has 1 amide bonds. The van der Waals surface area contributed by atoms with Crippen molar-refractivity contribution in [3.8, 4) is 5.75 Å². The van der Waals surface area contributed by atoms with Crippen LogP contribution < -0.4 is 9.46 Å². The largest absolute Gasteiger partial charge is 0.492 e. The van der Waals surface area contributed by atoms with Gasteiger partial charge in [0.15, 0.2) is 0 Å². The average Bonchev–Trinajstić information content (AvgIpc) is 2.65. The number of hydrogen-bond donors (Lipinski definition) is 1. The van der Waals surface area contributed by atoms with Crippen molar-refractivity contribution in [3.63, 3.8) is 0 Å². The molecule has 0 aliphatic carbocycles. The molecule has 0 spiro atoms. The highest BCUT2D eigenvalue weighted by Gasteiger charge is 2.35. The lowest BCUT2D eigenvalue weighted by Crippen LogP contribution is -2.35. The van der Waals surface area contributed by atoms with Crippen LogP contribution in [0.2, 0.25) is 0 Å². The zero-order valence-electron chi connectivity index (χ0n) is 12.1. The number of fused-ring (bicyclic) bond motifs is 1. The van der Waals surface area contributed by atoms with Gasteiger partial charge in [0.2, 0.25) is 10.0 Å². The number of sulfonamides is 1. The highest BCUT2D eigenvalue weighted by molar-refractivity contribution is 7.90. The van der Waals surface area contributed by atoms with Gasteiger partial charge in [-0.25, -0.2) is 13.1 Å². The quantitative estimate of drug-likeness (QED) is 0.923. The molecule has 0 fully saturated rings. The number of carbonyl (C=O) groups excluding carboxylic acids is 1. The number of carbonyl (C=O) groups is 1. The molecular weight excluding hydrogens is 278 g/mol. The Kier molecular flexibility index (Phi) is 3.54. The Morgan fingerprint density at radius 3 is 2.60 bits per heavy atom. The normalized spacial score (nSPS) is 16.6. The Morgan fingerprint density at radius 2 is 2.00 bits per heavy atom. The van der Waals surface area contributed by atoms with E-state index in [9.17, 15) is 13.2 Å². The van der Waals surface area contributed by atoms with Gasteiger partial charge in [-0.05, 0) is 19.9 Å². The third-order valence-corrected chi connectivity index (χ3v) is 5.13. The van der Waals surface area contributed by atoms with Gasteiger partial charge in [0.1, 0.15) is 5.75 Å². The number of benzene rings is 1. The fourth-order valence-electron chi connectivity index (χ4n) is 2.04. The zero-order valence-corrected chi connectivity index (χ0v) is 12.9. The SMILES string of the molecule is CC(C)S(=O)(=O)NC(=O)c1cccc2c1OCC2(C)C. The van der Waals surface area contributed by atoms with Crippen molar-refractivity contribution >= 4 is 15.9 Å². The first-order chi connectivity index (χ1) is 9.15. The van der Waals surface area contributed by atoms with Crippen LogP contribution >= 0.6 is 0 Å². The number of hydrogen-bond acceptors (Lipinski definition) is 4. The van der Waals surface area contributed by atoms with E-state index in [1.54, 1.807) is 12.1 Å². The Balaban J connectivity index is 2.37. The summed E-state index contributed by atoms with van der Waals surface area (Å²) in [6.45, 7) is 7.55. The van der Waals surface area contributed by atoms with Crippen molar-refractivity contribution < 1.29 is 17.9 Å². The molecule has 5 nitrogen and oxygen atoms in total. The van der Waals surface area contributed by atoms with E-state index >= 15 is 0 Å². The van der Waals surface area contributed by atoms with Crippen LogP contribution in [0.3, 0.4) is 0 Å². The van der Waals surface area contributed by atoms with Gasteiger partial charge in [-0.15, -0.1) is 0 Å². The minimum absolute atomic E-state index is 0.178. The first kappa shape index (κ1) is 14.8. The van der Waals surface area contributed by atoms with Crippen LogP contribution in [0.15, 0.2) is 18.2 Å². The molecule has 1 aromatic rings. The summed E-state index contributed by atoms with van der Waals surface area (Å²) in [5, 5.41) is -0.666. The molecule has 0 saturated heterocycles. The Labute approximate surface area is 119 Å². The highest BCUT2D eigenvalue weighted by atomic mass is 32.2. The third-order valence-electron chi connectivity index (χ3n) is 3.42. The van der Waals surface area contributed by atoms with Gasteiger partial charge in [0, 0.05) is 11.0 Å². The summed E-state index contributed by atoms with van der Waals surface area (Å²) in [5.74, 6) is -0.165. The molecular formula is C14H19NO4S. The van der Waals surface area contributed by atoms with E-state index < -0.39 is 21.2 Å². The lowest BCUT2D eigenvalue weighted by molar-refractivity contribution is 0.0977. The van der Waals surface area contributed by atoms with Crippen LogP contribution in [0, 0.1) is 0 Å². The molecule has 2 rings (SSSR count). The molecule has 0 atom stereocenters. The molecule has 0 aromatic heterocycles. The van der Waals surface area contributed by atoms with E-state index in [-0.39, 0.29) is 11.0 Å². The molecule has 1 heterocycles. The van der Waals surface area contributed by atoms with Crippen molar-refractivity contribution in [1.82, 2.24) is 4.72 Å². The summed E-state index contributed by atoms with van der Waals surface area (Å²) in [6, 6.07) is 5.22. The molecule has 1 aliphatic rings. The van der Waals surface area contributed by atoms with Gasteiger partial charge >= 0.3 is 0 Å². The maximum atomic E-state index is 12.2. The summed E-state index contributed by atoms with van der Waals surface area (Å²) in [6.07, 6.45) is 0. The first-order valence-corrected chi connectivity index (χ1v) is 8.02. The minimum atomic E-state index is -3.65. The van der Waals surface area contributed by atoms with E-state index in [0.29, 0.717) is 12.4 Å². The van der Waals surface area contributed by atoms with Gasteiger partial charge in [-0.1, -0.05) is 26.0 Å². The number of ether oxygens (including phenoxy) is 1.